The summed E-state index contributed by atoms with van der Waals surface area (Å²) in [5.74, 6) is 0.704. The van der Waals surface area contributed by atoms with Crippen molar-refractivity contribution >= 4 is 5.91 Å². The molecule has 1 aliphatic rings. The molecule has 0 aromatic heterocycles. The lowest BCUT2D eigenvalue weighted by Crippen LogP contribution is -2.49. The smallest absolute Gasteiger partial charge is 0.219 e. The summed E-state index contributed by atoms with van der Waals surface area (Å²) in [6.45, 7) is 3.11. The minimum atomic E-state index is 0.0812. The van der Waals surface area contributed by atoms with E-state index >= 15 is 0 Å². The van der Waals surface area contributed by atoms with Crippen LogP contribution in [-0.4, -0.2) is 34.1 Å². The van der Waals surface area contributed by atoms with Gasteiger partial charge in [0.25, 0.3) is 0 Å². The summed E-state index contributed by atoms with van der Waals surface area (Å²) in [7, 11) is 0. The zero-order valence-corrected chi connectivity index (χ0v) is 9.18. The molecule has 1 aromatic carbocycles. The summed E-state index contributed by atoms with van der Waals surface area (Å²) >= 11 is 0. The van der Waals surface area contributed by atoms with Crippen LogP contribution >= 0.6 is 0 Å². The normalized spacial score (nSPS) is 15.9. The largest absolute Gasteiger partial charge is 0.508 e. The van der Waals surface area contributed by atoms with Crippen LogP contribution in [0.1, 0.15) is 12.5 Å². The number of likely N-dealkylation sites (tertiary alicyclic amines) is 1. The maximum Gasteiger partial charge on any atom is 0.219 e. The Labute approximate surface area is 94.1 Å². The molecule has 86 valence electrons. The van der Waals surface area contributed by atoms with Crippen LogP contribution in [0.25, 0.3) is 0 Å². The van der Waals surface area contributed by atoms with Crippen molar-refractivity contribution in [3.05, 3.63) is 23.8 Å². The number of aromatic hydroxyl groups is 2. The number of carbonyl (C=O) groups is 1. The van der Waals surface area contributed by atoms with Gasteiger partial charge in [0, 0.05) is 26.1 Å². The number of hydrogen-bond acceptors (Lipinski definition) is 3. The van der Waals surface area contributed by atoms with E-state index in [2.05, 4.69) is 0 Å². The second-order valence-electron chi connectivity index (χ2n) is 4.35. The average molecular weight is 221 g/mol. The number of phenols is 2. The summed E-state index contributed by atoms with van der Waals surface area (Å²) in [4.78, 5) is 12.8. The van der Waals surface area contributed by atoms with E-state index < -0.39 is 0 Å². The number of benzene rings is 1. The van der Waals surface area contributed by atoms with E-state index in [1.54, 1.807) is 24.0 Å². The van der Waals surface area contributed by atoms with Gasteiger partial charge in [-0.1, -0.05) is 0 Å². The fourth-order valence-corrected chi connectivity index (χ4v) is 2.06. The highest BCUT2D eigenvalue weighted by atomic mass is 16.3. The van der Waals surface area contributed by atoms with Crippen LogP contribution in [-0.2, 0) is 11.2 Å². The van der Waals surface area contributed by atoms with Gasteiger partial charge >= 0.3 is 0 Å². The van der Waals surface area contributed by atoms with Crippen LogP contribution in [0.15, 0.2) is 18.2 Å². The molecule has 0 bridgehead atoms. The lowest BCUT2D eigenvalue weighted by Gasteiger charge is -2.38. The molecule has 0 saturated carbocycles. The average Bonchev–Trinajstić information content (AvgIpc) is 2.08. The number of amides is 1. The first kappa shape index (κ1) is 10.8. The summed E-state index contributed by atoms with van der Waals surface area (Å²) in [6.07, 6.45) is 0.783. The van der Waals surface area contributed by atoms with E-state index in [0.717, 1.165) is 25.1 Å². The number of hydrogen-bond donors (Lipinski definition) is 2. The zero-order chi connectivity index (χ0) is 11.7. The van der Waals surface area contributed by atoms with Gasteiger partial charge < -0.3 is 15.1 Å². The van der Waals surface area contributed by atoms with Crippen LogP contribution in [0.4, 0.5) is 0 Å². The Balaban J connectivity index is 1.94. The fraction of sp³-hybridized carbons (Fsp3) is 0.417. The molecule has 1 amide bonds. The van der Waals surface area contributed by atoms with Gasteiger partial charge in [-0.05, 0) is 30.0 Å². The molecule has 4 nitrogen and oxygen atoms in total. The van der Waals surface area contributed by atoms with Crippen molar-refractivity contribution in [2.45, 2.75) is 13.3 Å². The molecule has 2 rings (SSSR count). The molecule has 1 saturated heterocycles. The number of phenolic OH excluding ortho intramolecular Hbond substituents is 2. The second kappa shape index (κ2) is 4.04. The fourth-order valence-electron chi connectivity index (χ4n) is 2.06. The van der Waals surface area contributed by atoms with Crippen molar-refractivity contribution in [1.29, 1.82) is 0 Å². The monoisotopic (exact) mass is 221 g/mol. The molecule has 1 fully saturated rings. The lowest BCUT2D eigenvalue weighted by atomic mass is 9.92. The van der Waals surface area contributed by atoms with Gasteiger partial charge in [-0.3, -0.25) is 4.79 Å². The summed E-state index contributed by atoms with van der Waals surface area (Å²) in [6, 6.07) is 4.61. The maximum absolute atomic E-state index is 11.0. The third-order valence-electron chi connectivity index (χ3n) is 2.89. The molecular formula is C12H15NO3. The molecule has 0 atom stereocenters. The number of rotatable bonds is 2. The van der Waals surface area contributed by atoms with E-state index in [1.807, 2.05) is 0 Å². The van der Waals surface area contributed by atoms with Crippen LogP contribution < -0.4 is 0 Å². The summed E-state index contributed by atoms with van der Waals surface area (Å²) in [5.41, 5.74) is 0.908. The highest BCUT2D eigenvalue weighted by Gasteiger charge is 2.28. The number of nitrogens with zero attached hydrogens (tertiary/aromatic N) is 1. The first-order valence-electron chi connectivity index (χ1n) is 5.32. The Hall–Kier alpha value is -1.71. The van der Waals surface area contributed by atoms with Gasteiger partial charge in [-0.2, -0.15) is 0 Å². The zero-order valence-electron chi connectivity index (χ0n) is 9.18. The highest BCUT2D eigenvalue weighted by Crippen LogP contribution is 2.25. The Morgan fingerprint density at radius 1 is 1.31 bits per heavy atom. The van der Waals surface area contributed by atoms with Crippen molar-refractivity contribution < 1.29 is 15.0 Å². The molecule has 1 aromatic rings. The number of carbonyl (C=O) groups excluding carboxylic acids is 1. The predicted octanol–water partition coefficient (Wildman–Crippen LogP) is 1.12. The molecule has 2 N–H and O–H groups in total. The quantitative estimate of drug-likeness (QED) is 0.786. The van der Waals surface area contributed by atoms with Crippen LogP contribution in [0, 0.1) is 5.92 Å². The molecule has 16 heavy (non-hydrogen) atoms. The molecular weight excluding hydrogens is 206 g/mol. The topological polar surface area (TPSA) is 60.8 Å². The van der Waals surface area contributed by atoms with Crippen molar-refractivity contribution in [3.63, 3.8) is 0 Å². The maximum atomic E-state index is 11.0. The molecule has 0 aliphatic carbocycles. The Kier molecular flexibility index (Phi) is 2.73. The van der Waals surface area contributed by atoms with E-state index in [-0.39, 0.29) is 17.4 Å². The molecule has 0 spiro atoms. The third kappa shape index (κ3) is 2.27. The predicted molar refractivity (Wildman–Crippen MR) is 59.2 cm³/mol. The van der Waals surface area contributed by atoms with Crippen molar-refractivity contribution in [2.24, 2.45) is 5.92 Å². The standard InChI is InChI=1S/C12H15NO3/c1-8(14)13-6-10(7-13)2-9-3-11(15)5-12(16)4-9/h3-5,10,15-16H,2,6-7H2,1H3. The van der Waals surface area contributed by atoms with Crippen molar-refractivity contribution in [2.75, 3.05) is 13.1 Å². The lowest BCUT2D eigenvalue weighted by molar-refractivity contribution is -0.134. The molecule has 0 unspecified atom stereocenters. The first-order valence-corrected chi connectivity index (χ1v) is 5.32. The van der Waals surface area contributed by atoms with Crippen LogP contribution in [0.3, 0.4) is 0 Å². The molecule has 0 radical (unpaired) electrons. The Morgan fingerprint density at radius 2 is 1.88 bits per heavy atom. The SMILES string of the molecule is CC(=O)N1CC(Cc2cc(O)cc(O)c2)C1. The van der Waals surface area contributed by atoms with Gasteiger partial charge in [0.1, 0.15) is 11.5 Å². The minimum absolute atomic E-state index is 0.0812. The molecule has 4 heteroatoms. The first-order chi connectivity index (χ1) is 7.54. The van der Waals surface area contributed by atoms with Gasteiger partial charge in [-0.15, -0.1) is 0 Å². The molecule has 1 aliphatic heterocycles. The van der Waals surface area contributed by atoms with Crippen LogP contribution in [0.5, 0.6) is 11.5 Å². The minimum Gasteiger partial charge on any atom is -0.508 e. The second-order valence-corrected chi connectivity index (χ2v) is 4.35. The summed E-state index contributed by atoms with van der Waals surface area (Å²) in [5, 5.41) is 18.6. The van der Waals surface area contributed by atoms with E-state index in [0.29, 0.717) is 5.92 Å². The van der Waals surface area contributed by atoms with Crippen LogP contribution in [0.2, 0.25) is 0 Å². The Bertz CT molecular complexity index is 390. The van der Waals surface area contributed by atoms with E-state index in [9.17, 15) is 15.0 Å². The van der Waals surface area contributed by atoms with Crippen molar-refractivity contribution in [1.82, 2.24) is 4.90 Å². The van der Waals surface area contributed by atoms with Gasteiger partial charge in [0.2, 0.25) is 5.91 Å². The van der Waals surface area contributed by atoms with Gasteiger partial charge in [0.05, 0.1) is 0 Å². The third-order valence-corrected chi connectivity index (χ3v) is 2.89. The summed E-state index contributed by atoms with van der Waals surface area (Å²) < 4.78 is 0. The Morgan fingerprint density at radius 3 is 2.38 bits per heavy atom. The highest BCUT2D eigenvalue weighted by molar-refractivity contribution is 5.74. The van der Waals surface area contributed by atoms with Crippen molar-refractivity contribution in [3.8, 4) is 11.5 Å². The van der Waals surface area contributed by atoms with Gasteiger partial charge in [-0.25, -0.2) is 0 Å². The molecule has 1 heterocycles. The van der Waals surface area contributed by atoms with E-state index in [4.69, 9.17) is 0 Å². The van der Waals surface area contributed by atoms with E-state index in [1.165, 1.54) is 6.07 Å². The van der Waals surface area contributed by atoms with Gasteiger partial charge in [0.15, 0.2) is 0 Å².